The van der Waals surface area contributed by atoms with Crippen molar-refractivity contribution in [1.82, 2.24) is 19.0 Å². The molecule has 10 heteroatoms. The molecule has 8 nitrogen and oxygen atoms in total. The Morgan fingerprint density at radius 3 is 2.54 bits per heavy atom. The molecule has 1 aliphatic heterocycles. The molecule has 3 rings (SSSR count). The first-order valence-corrected chi connectivity index (χ1v) is 10.0. The first-order chi connectivity index (χ1) is 13.0. The number of carbonyl (C=O) groups is 2. The highest BCUT2D eigenvalue weighted by Crippen LogP contribution is 2.28. The van der Waals surface area contributed by atoms with E-state index >= 15 is 0 Å². The van der Waals surface area contributed by atoms with Gasteiger partial charge in [0.2, 0.25) is 5.91 Å². The third-order valence-electron chi connectivity index (χ3n) is 4.52. The lowest BCUT2D eigenvalue weighted by atomic mass is 10.2. The van der Waals surface area contributed by atoms with Crippen LogP contribution in [-0.4, -0.2) is 48.8 Å². The standard InChI is InChI=1S/C18H24FN5O3S/c1-11(21-28(27)18(2,3)4)13-9-23-8-12(7-19)6-14(16(23)20-13)24-10-15(25)22(5)17(24)26/h6,8-9,11,21H,7,10H2,1-5H3/t11-,28-/m1/s1. The number of imidazole rings is 1. The van der Waals surface area contributed by atoms with Crippen LogP contribution in [-0.2, 0) is 22.5 Å². The summed E-state index contributed by atoms with van der Waals surface area (Å²) in [5, 5.41) is 0. The number of likely N-dealkylation sites (N-methyl/N-ethyl adjacent to an activating group) is 1. The number of aromatic nitrogens is 2. The number of alkyl halides is 1. The van der Waals surface area contributed by atoms with Gasteiger partial charge in [0.15, 0.2) is 5.65 Å². The number of hydrogen-bond donors (Lipinski definition) is 1. The number of nitrogens with zero attached hydrogens (tertiary/aromatic N) is 4. The number of rotatable bonds is 5. The van der Waals surface area contributed by atoms with Crippen molar-refractivity contribution in [3.8, 4) is 0 Å². The quantitative estimate of drug-likeness (QED) is 0.768. The number of anilines is 1. The van der Waals surface area contributed by atoms with Crippen molar-refractivity contribution in [2.75, 3.05) is 18.5 Å². The summed E-state index contributed by atoms with van der Waals surface area (Å²) >= 11 is 0. The Morgan fingerprint density at radius 2 is 2.00 bits per heavy atom. The van der Waals surface area contributed by atoms with Crippen molar-refractivity contribution in [3.63, 3.8) is 0 Å². The minimum absolute atomic E-state index is 0.120. The van der Waals surface area contributed by atoms with Crippen LogP contribution in [0.5, 0.6) is 0 Å². The molecular formula is C18H24FN5O3S. The largest absolute Gasteiger partial charge is 0.331 e. The van der Waals surface area contributed by atoms with Gasteiger partial charge in [0.05, 0.1) is 33.2 Å². The summed E-state index contributed by atoms with van der Waals surface area (Å²) in [5.74, 6) is -0.337. The molecule has 0 radical (unpaired) electrons. The summed E-state index contributed by atoms with van der Waals surface area (Å²) in [4.78, 5) is 31.2. The Hall–Kier alpha value is -2.33. The maximum Gasteiger partial charge on any atom is 0.331 e. The number of nitrogens with one attached hydrogen (secondary N) is 1. The molecule has 2 atom stereocenters. The average molecular weight is 409 g/mol. The van der Waals surface area contributed by atoms with Crippen LogP contribution in [0.3, 0.4) is 0 Å². The fraction of sp³-hybridized carbons (Fsp3) is 0.500. The first kappa shape index (κ1) is 20.4. The van der Waals surface area contributed by atoms with Crippen molar-refractivity contribution < 1.29 is 18.2 Å². The van der Waals surface area contributed by atoms with E-state index < -0.39 is 28.4 Å². The Bertz CT molecular complexity index is 968. The van der Waals surface area contributed by atoms with Crippen LogP contribution in [0.15, 0.2) is 18.5 Å². The molecule has 0 unspecified atom stereocenters. The van der Waals surface area contributed by atoms with Crippen LogP contribution in [0.2, 0.25) is 0 Å². The molecule has 0 bridgehead atoms. The molecule has 1 aliphatic rings. The summed E-state index contributed by atoms with van der Waals surface area (Å²) in [6, 6.07) is 0.717. The molecule has 2 aromatic rings. The number of fused-ring (bicyclic) bond motifs is 1. The number of halogens is 1. The fourth-order valence-electron chi connectivity index (χ4n) is 2.82. The number of amides is 3. The summed E-state index contributed by atoms with van der Waals surface area (Å²) in [6.45, 7) is 6.59. The number of urea groups is 1. The summed E-state index contributed by atoms with van der Waals surface area (Å²) in [5.41, 5.74) is 1.76. The highest BCUT2D eigenvalue weighted by molar-refractivity contribution is 7.84. The van der Waals surface area contributed by atoms with E-state index in [0.717, 1.165) is 4.90 Å². The lowest BCUT2D eigenvalue weighted by Crippen LogP contribution is -2.34. The van der Waals surface area contributed by atoms with Gasteiger partial charge in [-0.25, -0.2) is 23.1 Å². The lowest BCUT2D eigenvalue weighted by Gasteiger charge is -2.20. The Balaban J connectivity index is 2.03. The highest BCUT2D eigenvalue weighted by Gasteiger charge is 2.35. The minimum Gasteiger partial charge on any atom is -0.305 e. The van der Waals surface area contributed by atoms with Gasteiger partial charge < -0.3 is 4.40 Å². The number of carbonyl (C=O) groups excluding carboxylic acids is 2. The second-order valence-corrected chi connectivity index (χ2v) is 9.80. The SMILES string of the molecule is C[C@@H](N[S@](=O)C(C)(C)C)c1cn2cc(CF)cc(N3CC(=O)N(C)C3=O)c2n1. The predicted octanol–water partition coefficient (Wildman–Crippen LogP) is 2.32. The predicted molar refractivity (Wildman–Crippen MR) is 105 cm³/mol. The first-order valence-electron chi connectivity index (χ1n) is 8.86. The second kappa shape index (κ2) is 7.25. The molecule has 1 saturated heterocycles. The van der Waals surface area contributed by atoms with Crippen molar-refractivity contribution in [3.05, 3.63) is 29.7 Å². The monoisotopic (exact) mass is 409 g/mol. The number of imide groups is 1. The zero-order chi connectivity index (χ0) is 20.8. The summed E-state index contributed by atoms with van der Waals surface area (Å²) in [7, 11) is 0.115. The fourth-order valence-corrected chi connectivity index (χ4v) is 3.61. The highest BCUT2D eigenvalue weighted by atomic mass is 32.2. The van der Waals surface area contributed by atoms with Crippen molar-refractivity contribution >= 4 is 34.3 Å². The lowest BCUT2D eigenvalue weighted by molar-refractivity contribution is -0.123. The molecule has 1 fully saturated rings. The molecule has 0 saturated carbocycles. The molecule has 3 amide bonds. The molecule has 2 aromatic heterocycles. The van der Waals surface area contributed by atoms with Crippen LogP contribution in [0.4, 0.5) is 14.9 Å². The van der Waals surface area contributed by atoms with E-state index in [1.54, 1.807) is 16.8 Å². The van der Waals surface area contributed by atoms with Gasteiger partial charge in [-0.3, -0.25) is 14.6 Å². The van der Waals surface area contributed by atoms with Crippen LogP contribution in [0, 0.1) is 0 Å². The molecule has 28 heavy (non-hydrogen) atoms. The molecule has 0 aromatic carbocycles. The number of hydrogen-bond acceptors (Lipinski definition) is 4. The maximum absolute atomic E-state index is 13.4. The van der Waals surface area contributed by atoms with E-state index in [0.29, 0.717) is 22.6 Å². The van der Waals surface area contributed by atoms with E-state index in [2.05, 4.69) is 9.71 Å². The average Bonchev–Trinajstić information content (AvgIpc) is 3.16. The Labute approximate surface area is 165 Å². The third kappa shape index (κ3) is 3.66. The zero-order valence-electron chi connectivity index (χ0n) is 16.5. The van der Waals surface area contributed by atoms with Gasteiger partial charge in [-0.05, 0) is 33.8 Å². The Kier molecular flexibility index (Phi) is 5.28. The summed E-state index contributed by atoms with van der Waals surface area (Å²) in [6.07, 6.45) is 3.30. The van der Waals surface area contributed by atoms with Gasteiger partial charge in [-0.15, -0.1) is 0 Å². The summed E-state index contributed by atoms with van der Waals surface area (Å²) < 4.78 is 30.0. The van der Waals surface area contributed by atoms with Gasteiger partial charge >= 0.3 is 6.03 Å². The van der Waals surface area contributed by atoms with E-state index in [9.17, 15) is 18.2 Å². The minimum atomic E-state index is -1.29. The number of pyridine rings is 1. The molecular weight excluding hydrogens is 385 g/mol. The van der Waals surface area contributed by atoms with Gasteiger partial charge in [0, 0.05) is 25.0 Å². The van der Waals surface area contributed by atoms with Gasteiger partial charge in [-0.2, -0.15) is 0 Å². The Morgan fingerprint density at radius 1 is 1.32 bits per heavy atom. The smallest absolute Gasteiger partial charge is 0.305 e. The molecule has 3 heterocycles. The van der Waals surface area contributed by atoms with Gasteiger partial charge in [0.1, 0.15) is 13.2 Å². The van der Waals surface area contributed by atoms with Crippen LogP contribution in [0.25, 0.3) is 5.65 Å². The molecule has 1 N–H and O–H groups in total. The van der Waals surface area contributed by atoms with Gasteiger partial charge in [-0.1, -0.05) is 0 Å². The van der Waals surface area contributed by atoms with Crippen molar-refractivity contribution in [2.24, 2.45) is 0 Å². The molecule has 0 aliphatic carbocycles. The van der Waals surface area contributed by atoms with E-state index in [4.69, 9.17) is 0 Å². The zero-order valence-corrected chi connectivity index (χ0v) is 17.3. The van der Waals surface area contributed by atoms with Crippen LogP contribution < -0.4 is 9.62 Å². The van der Waals surface area contributed by atoms with E-state index in [1.165, 1.54) is 18.0 Å². The normalized spacial score (nSPS) is 17.6. The van der Waals surface area contributed by atoms with Crippen LogP contribution >= 0.6 is 0 Å². The second-order valence-electron chi connectivity index (χ2n) is 7.81. The third-order valence-corrected chi connectivity index (χ3v) is 6.20. The van der Waals surface area contributed by atoms with Gasteiger partial charge in [0.25, 0.3) is 0 Å². The van der Waals surface area contributed by atoms with Crippen molar-refractivity contribution in [2.45, 2.75) is 45.2 Å². The molecule has 0 spiro atoms. The van der Waals surface area contributed by atoms with E-state index in [-0.39, 0.29) is 18.5 Å². The topological polar surface area (TPSA) is 87.0 Å². The maximum atomic E-state index is 13.4. The molecule has 152 valence electrons. The van der Waals surface area contributed by atoms with E-state index in [1.807, 2.05) is 27.7 Å². The van der Waals surface area contributed by atoms with Crippen molar-refractivity contribution in [1.29, 1.82) is 0 Å². The van der Waals surface area contributed by atoms with Crippen LogP contribution in [0.1, 0.15) is 45.0 Å².